The summed E-state index contributed by atoms with van der Waals surface area (Å²) in [5.41, 5.74) is 1.04. The second-order valence-electron chi connectivity index (χ2n) is 6.77. The molecule has 4 nitrogen and oxygen atoms in total. The van der Waals surface area contributed by atoms with Crippen molar-refractivity contribution >= 4 is 5.91 Å². The van der Waals surface area contributed by atoms with E-state index in [2.05, 4.69) is 22.8 Å². The maximum absolute atomic E-state index is 11.9. The van der Waals surface area contributed by atoms with Gasteiger partial charge < -0.3 is 15.4 Å². The highest BCUT2D eigenvalue weighted by Gasteiger charge is 2.32. The number of rotatable bonds is 6. The van der Waals surface area contributed by atoms with Crippen LogP contribution in [-0.4, -0.2) is 25.1 Å². The predicted octanol–water partition coefficient (Wildman–Crippen LogP) is 2.65. The summed E-state index contributed by atoms with van der Waals surface area (Å²) in [5, 5.41) is 6.39. The Hall–Kier alpha value is -1.55. The van der Waals surface area contributed by atoms with Crippen molar-refractivity contribution in [2.45, 2.75) is 45.2 Å². The third kappa shape index (κ3) is 5.05. The molecule has 1 atom stereocenters. The first kappa shape index (κ1) is 15.8. The number of hydrogen-bond acceptors (Lipinski definition) is 3. The first-order valence-electron chi connectivity index (χ1n) is 7.57. The van der Waals surface area contributed by atoms with E-state index in [4.69, 9.17) is 4.74 Å². The van der Waals surface area contributed by atoms with Crippen molar-refractivity contribution in [1.29, 1.82) is 0 Å². The SMILES string of the molecule is COc1ccc(C(NCC(=O)NC(C)(C)C)C2CC2)cc1. The van der Waals surface area contributed by atoms with Crippen molar-refractivity contribution in [1.82, 2.24) is 10.6 Å². The molecule has 0 aromatic heterocycles. The Morgan fingerprint density at radius 2 is 1.90 bits per heavy atom. The minimum Gasteiger partial charge on any atom is -0.497 e. The normalized spacial score (nSPS) is 16.4. The zero-order valence-corrected chi connectivity index (χ0v) is 13.4. The summed E-state index contributed by atoms with van der Waals surface area (Å²) < 4.78 is 5.19. The molecule has 0 heterocycles. The summed E-state index contributed by atoms with van der Waals surface area (Å²) in [5.74, 6) is 1.54. The van der Waals surface area contributed by atoms with Gasteiger partial charge in [0.1, 0.15) is 5.75 Å². The summed E-state index contributed by atoms with van der Waals surface area (Å²) in [7, 11) is 1.67. The molecule has 4 heteroatoms. The van der Waals surface area contributed by atoms with E-state index in [0.717, 1.165) is 5.75 Å². The van der Waals surface area contributed by atoms with Crippen LogP contribution in [0.4, 0.5) is 0 Å². The number of methoxy groups -OCH3 is 1. The maximum atomic E-state index is 11.9. The van der Waals surface area contributed by atoms with Crippen LogP contribution < -0.4 is 15.4 Å². The van der Waals surface area contributed by atoms with E-state index in [9.17, 15) is 4.79 Å². The highest BCUT2D eigenvalue weighted by molar-refractivity contribution is 5.78. The van der Waals surface area contributed by atoms with Crippen LogP contribution in [-0.2, 0) is 4.79 Å². The van der Waals surface area contributed by atoms with Gasteiger partial charge in [-0.3, -0.25) is 4.79 Å². The molecule has 116 valence electrons. The van der Waals surface area contributed by atoms with E-state index < -0.39 is 0 Å². The highest BCUT2D eigenvalue weighted by Crippen LogP contribution is 2.41. The molecule has 1 aliphatic rings. The minimum atomic E-state index is -0.187. The van der Waals surface area contributed by atoms with Crippen molar-refractivity contribution in [2.24, 2.45) is 5.92 Å². The van der Waals surface area contributed by atoms with Gasteiger partial charge in [0.25, 0.3) is 0 Å². The van der Waals surface area contributed by atoms with E-state index >= 15 is 0 Å². The lowest BCUT2D eigenvalue weighted by molar-refractivity contribution is -0.121. The zero-order chi connectivity index (χ0) is 15.5. The Balaban J connectivity index is 1.94. The molecule has 1 aliphatic carbocycles. The van der Waals surface area contributed by atoms with Crippen molar-refractivity contribution in [3.05, 3.63) is 29.8 Å². The van der Waals surface area contributed by atoms with E-state index in [1.165, 1.54) is 18.4 Å². The molecular weight excluding hydrogens is 264 g/mol. The minimum absolute atomic E-state index is 0.0432. The number of hydrogen-bond donors (Lipinski definition) is 2. The summed E-state index contributed by atoms with van der Waals surface area (Å²) >= 11 is 0. The maximum Gasteiger partial charge on any atom is 0.234 e. The average molecular weight is 290 g/mol. The van der Waals surface area contributed by atoms with Gasteiger partial charge in [-0.25, -0.2) is 0 Å². The number of nitrogens with one attached hydrogen (secondary N) is 2. The van der Waals surface area contributed by atoms with Crippen molar-refractivity contribution in [3.8, 4) is 5.75 Å². The van der Waals surface area contributed by atoms with E-state index in [1.54, 1.807) is 7.11 Å². The molecule has 1 aromatic carbocycles. The Morgan fingerprint density at radius 1 is 1.29 bits per heavy atom. The quantitative estimate of drug-likeness (QED) is 0.847. The summed E-state index contributed by atoms with van der Waals surface area (Å²) in [4.78, 5) is 11.9. The monoisotopic (exact) mass is 290 g/mol. The Kier molecular flexibility index (Phi) is 4.88. The van der Waals surface area contributed by atoms with Crippen LogP contribution in [0.15, 0.2) is 24.3 Å². The fourth-order valence-electron chi connectivity index (χ4n) is 2.46. The van der Waals surface area contributed by atoms with Crippen molar-refractivity contribution in [3.63, 3.8) is 0 Å². The molecule has 1 aromatic rings. The average Bonchev–Trinajstić information content (AvgIpc) is 3.22. The molecule has 1 unspecified atom stereocenters. The topological polar surface area (TPSA) is 50.4 Å². The lowest BCUT2D eigenvalue weighted by atomic mass is 10.0. The molecule has 1 fully saturated rings. The van der Waals surface area contributed by atoms with E-state index in [0.29, 0.717) is 12.5 Å². The van der Waals surface area contributed by atoms with Gasteiger partial charge in [-0.05, 0) is 57.2 Å². The summed E-state index contributed by atoms with van der Waals surface area (Å²) in [6.07, 6.45) is 2.45. The lowest BCUT2D eigenvalue weighted by Crippen LogP contribution is -2.45. The number of amides is 1. The molecule has 0 spiro atoms. The molecule has 1 amide bonds. The van der Waals surface area contributed by atoms with Crippen LogP contribution >= 0.6 is 0 Å². The number of carbonyl (C=O) groups is 1. The second-order valence-corrected chi connectivity index (χ2v) is 6.77. The largest absolute Gasteiger partial charge is 0.497 e. The van der Waals surface area contributed by atoms with Gasteiger partial charge in [0.05, 0.1) is 13.7 Å². The Labute approximate surface area is 127 Å². The molecule has 0 saturated heterocycles. The molecule has 1 saturated carbocycles. The van der Waals surface area contributed by atoms with E-state index in [1.807, 2.05) is 32.9 Å². The van der Waals surface area contributed by atoms with Crippen LogP contribution in [0, 0.1) is 5.92 Å². The fraction of sp³-hybridized carbons (Fsp3) is 0.588. The third-order valence-electron chi connectivity index (χ3n) is 3.57. The first-order valence-corrected chi connectivity index (χ1v) is 7.57. The van der Waals surface area contributed by atoms with Gasteiger partial charge in [0, 0.05) is 11.6 Å². The molecule has 0 radical (unpaired) electrons. The number of carbonyl (C=O) groups excluding carboxylic acids is 1. The molecule has 0 bridgehead atoms. The molecule has 2 N–H and O–H groups in total. The third-order valence-corrected chi connectivity index (χ3v) is 3.57. The van der Waals surface area contributed by atoms with Gasteiger partial charge in [-0.15, -0.1) is 0 Å². The predicted molar refractivity (Wildman–Crippen MR) is 84.4 cm³/mol. The van der Waals surface area contributed by atoms with Gasteiger partial charge in [0.15, 0.2) is 0 Å². The zero-order valence-electron chi connectivity index (χ0n) is 13.4. The van der Waals surface area contributed by atoms with Gasteiger partial charge in [-0.2, -0.15) is 0 Å². The van der Waals surface area contributed by atoms with Crippen molar-refractivity contribution < 1.29 is 9.53 Å². The van der Waals surface area contributed by atoms with Gasteiger partial charge in [-0.1, -0.05) is 12.1 Å². The summed E-state index contributed by atoms with van der Waals surface area (Å²) in [6.45, 7) is 6.33. The van der Waals surface area contributed by atoms with Crippen LogP contribution in [0.2, 0.25) is 0 Å². The van der Waals surface area contributed by atoms with Crippen LogP contribution in [0.3, 0.4) is 0 Å². The first-order chi connectivity index (χ1) is 9.89. The van der Waals surface area contributed by atoms with Crippen LogP contribution in [0.5, 0.6) is 5.75 Å². The molecular formula is C17H26N2O2. The molecule has 2 rings (SSSR count). The highest BCUT2D eigenvalue weighted by atomic mass is 16.5. The van der Waals surface area contributed by atoms with E-state index in [-0.39, 0.29) is 17.5 Å². The number of ether oxygens (including phenoxy) is 1. The second kappa shape index (κ2) is 6.48. The van der Waals surface area contributed by atoms with Gasteiger partial charge >= 0.3 is 0 Å². The standard InChI is InChI=1S/C17H26N2O2/c1-17(2,3)19-15(20)11-18-16(12-5-6-12)13-7-9-14(21-4)10-8-13/h7-10,12,16,18H,5-6,11H2,1-4H3,(H,19,20). The molecule has 0 aliphatic heterocycles. The van der Waals surface area contributed by atoms with Crippen LogP contribution in [0.25, 0.3) is 0 Å². The fourth-order valence-corrected chi connectivity index (χ4v) is 2.46. The van der Waals surface area contributed by atoms with Crippen molar-refractivity contribution in [2.75, 3.05) is 13.7 Å². The lowest BCUT2D eigenvalue weighted by Gasteiger charge is -2.23. The Bertz CT molecular complexity index is 473. The smallest absolute Gasteiger partial charge is 0.234 e. The molecule has 21 heavy (non-hydrogen) atoms. The van der Waals surface area contributed by atoms with Gasteiger partial charge in [0.2, 0.25) is 5.91 Å². The van der Waals surface area contributed by atoms with Crippen LogP contribution in [0.1, 0.15) is 45.2 Å². The summed E-state index contributed by atoms with van der Waals surface area (Å²) in [6, 6.07) is 8.36. The Morgan fingerprint density at radius 3 is 2.38 bits per heavy atom. The number of benzene rings is 1.